The maximum absolute atomic E-state index is 10.5. The van der Waals surface area contributed by atoms with E-state index in [1.807, 2.05) is 24.3 Å². The highest BCUT2D eigenvalue weighted by molar-refractivity contribution is 7.19. The van der Waals surface area contributed by atoms with Crippen LogP contribution in [0.4, 0.5) is 0 Å². The Balaban J connectivity index is 1.99. The standard InChI is InChI=1S/C12H8ClN3OS/c13-12-9-3-1-2-4-10(9)18-11(12)6-16-5-8(7-17)14-15-16/h1-5,7H,6H2. The number of carbonyl (C=O) groups is 1. The summed E-state index contributed by atoms with van der Waals surface area (Å²) in [5.41, 5.74) is 0.326. The molecule has 0 bridgehead atoms. The summed E-state index contributed by atoms with van der Waals surface area (Å²) in [6, 6.07) is 7.98. The number of hydrogen-bond donors (Lipinski definition) is 0. The lowest BCUT2D eigenvalue weighted by Gasteiger charge is -1.97. The number of benzene rings is 1. The fourth-order valence-corrected chi connectivity index (χ4v) is 3.24. The van der Waals surface area contributed by atoms with E-state index in [9.17, 15) is 4.79 Å². The van der Waals surface area contributed by atoms with Gasteiger partial charge < -0.3 is 0 Å². The number of aldehydes is 1. The van der Waals surface area contributed by atoms with Crippen LogP contribution in [-0.4, -0.2) is 21.3 Å². The van der Waals surface area contributed by atoms with Crippen LogP contribution < -0.4 is 0 Å². The Morgan fingerprint density at radius 1 is 1.39 bits per heavy atom. The normalized spacial score (nSPS) is 10.9. The van der Waals surface area contributed by atoms with Crippen molar-refractivity contribution in [3.8, 4) is 0 Å². The number of halogens is 1. The molecule has 3 rings (SSSR count). The van der Waals surface area contributed by atoms with Crippen LogP contribution in [0.3, 0.4) is 0 Å². The highest BCUT2D eigenvalue weighted by Gasteiger charge is 2.11. The summed E-state index contributed by atoms with van der Waals surface area (Å²) in [6.07, 6.45) is 2.28. The summed E-state index contributed by atoms with van der Waals surface area (Å²) < 4.78 is 2.76. The van der Waals surface area contributed by atoms with E-state index in [-0.39, 0.29) is 0 Å². The van der Waals surface area contributed by atoms with Crippen molar-refractivity contribution in [2.75, 3.05) is 0 Å². The molecule has 0 saturated heterocycles. The molecule has 0 amide bonds. The van der Waals surface area contributed by atoms with Gasteiger partial charge in [0.2, 0.25) is 0 Å². The molecular weight excluding hydrogens is 270 g/mol. The average molecular weight is 278 g/mol. The van der Waals surface area contributed by atoms with Crippen molar-refractivity contribution in [3.63, 3.8) is 0 Å². The molecule has 0 spiro atoms. The summed E-state index contributed by atoms with van der Waals surface area (Å²) in [4.78, 5) is 11.6. The zero-order valence-electron chi connectivity index (χ0n) is 9.21. The molecule has 0 fully saturated rings. The van der Waals surface area contributed by atoms with Crippen molar-refractivity contribution >= 4 is 39.3 Å². The molecule has 0 radical (unpaired) electrons. The topological polar surface area (TPSA) is 47.8 Å². The molecule has 0 N–H and O–H groups in total. The molecule has 2 aromatic heterocycles. The van der Waals surface area contributed by atoms with Gasteiger partial charge in [0.05, 0.1) is 17.8 Å². The van der Waals surface area contributed by atoms with Crippen LogP contribution in [0.1, 0.15) is 15.4 Å². The van der Waals surface area contributed by atoms with Crippen molar-refractivity contribution in [2.45, 2.75) is 6.54 Å². The van der Waals surface area contributed by atoms with Gasteiger partial charge >= 0.3 is 0 Å². The quantitative estimate of drug-likeness (QED) is 0.692. The monoisotopic (exact) mass is 277 g/mol. The van der Waals surface area contributed by atoms with Gasteiger partial charge in [0.15, 0.2) is 6.29 Å². The van der Waals surface area contributed by atoms with Gasteiger partial charge in [-0.1, -0.05) is 35.0 Å². The van der Waals surface area contributed by atoms with Crippen molar-refractivity contribution < 1.29 is 4.79 Å². The van der Waals surface area contributed by atoms with Gasteiger partial charge in [-0.2, -0.15) is 0 Å². The summed E-state index contributed by atoms with van der Waals surface area (Å²) in [5.74, 6) is 0. The molecule has 2 heterocycles. The van der Waals surface area contributed by atoms with Gasteiger partial charge in [0.25, 0.3) is 0 Å². The number of hydrogen-bond acceptors (Lipinski definition) is 4. The third kappa shape index (κ3) is 1.91. The number of carbonyl (C=O) groups excluding carboxylic acids is 1. The van der Waals surface area contributed by atoms with E-state index in [1.54, 1.807) is 22.2 Å². The molecule has 18 heavy (non-hydrogen) atoms. The van der Waals surface area contributed by atoms with E-state index in [1.165, 1.54) is 0 Å². The van der Waals surface area contributed by atoms with Crippen molar-refractivity contribution in [3.05, 3.63) is 46.1 Å². The fraction of sp³-hybridized carbons (Fsp3) is 0.0833. The second kappa shape index (κ2) is 4.51. The lowest BCUT2D eigenvalue weighted by molar-refractivity contribution is 0.111. The zero-order chi connectivity index (χ0) is 12.5. The van der Waals surface area contributed by atoms with E-state index >= 15 is 0 Å². The summed E-state index contributed by atoms with van der Waals surface area (Å²) >= 11 is 7.95. The van der Waals surface area contributed by atoms with E-state index in [2.05, 4.69) is 10.3 Å². The summed E-state index contributed by atoms with van der Waals surface area (Å²) in [6.45, 7) is 0.527. The van der Waals surface area contributed by atoms with Gasteiger partial charge in [-0.25, -0.2) is 4.68 Å². The number of nitrogens with zero attached hydrogens (tertiary/aromatic N) is 3. The molecule has 0 aliphatic heterocycles. The Morgan fingerprint density at radius 2 is 2.22 bits per heavy atom. The smallest absolute Gasteiger partial charge is 0.171 e. The van der Waals surface area contributed by atoms with Crippen LogP contribution >= 0.6 is 22.9 Å². The van der Waals surface area contributed by atoms with Crippen molar-refractivity contribution in [1.29, 1.82) is 0 Å². The van der Waals surface area contributed by atoms with Gasteiger partial charge in [-0.15, -0.1) is 16.4 Å². The summed E-state index contributed by atoms with van der Waals surface area (Å²) in [5, 5.41) is 9.40. The van der Waals surface area contributed by atoms with Crippen molar-refractivity contribution in [2.24, 2.45) is 0 Å². The lowest BCUT2D eigenvalue weighted by atomic mass is 10.2. The van der Waals surface area contributed by atoms with Crippen LogP contribution in [0.25, 0.3) is 10.1 Å². The van der Waals surface area contributed by atoms with Crippen LogP contribution in [0, 0.1) is 0 Å². The first-order valence-corrected chi connectivity index (χ1v) is 6.48. The highest BCUT2D eigenvalue weighted by Crippen LogP contribution is 2.35. The first-order valence-electron chi connectivity index (χ1n) is 5.29. The zero-order valence-corrected chi connectivity index (χ0v) is 10.8. The van der Waals surface area contributed by atoms with Gasteiger partial charge in [0, 0.05) is 15.0 Å². The molecule has 1 aromatic carbocycles. The molecule has 0 aliphatic carbocycles. The minimum atomic E-state index is 0.326. The minimum absolute atomic E-state index is 0.326. The predicted octanol–water partition coefficient (Wildman–Crippen LogP) is 3.01. The van der Waals surface area contributed by atoms with E-state index < -0.39 is 0 Å². The van der Waals surface area contributed by atoms with Gasteiger partial charge in [-0.05, 0) is 6.07 Å². The molecular formula is C12H8ClN3OS. The Bertz CT molecular complexity index is 719. The van der Waals surface area contributed by atoms with Crippen LogP contribution in [-0.2, 0) is 6.54 Å². The Kier molecular flexibility index (Phi) is 2.85. The van der Waals surface area contributed by atoms with Crippen molar-refractivity contribution in [1.82, 2.24) is 15.0 Å². The van der Waals surface area contributed by atoms with E-state index in [0.717, 1.165) is 20.0 Å². The Morgan fingerprint density at radius 3 is 2.94 bits per heavy atom. The van der Waals surface area contributed by atoms with Gasteiger partial charge in [-0.3, -0.25) is 4.79 Å². The summed E-state index contributed by atoms with van der Waals surface area (Å²) in [7, 11) is 0. The second-order valence-electron chi connectivity index (χ2n) is 3.79. The third-order valence-corrected chi connectivity index (χ3v) is 4.28. The average Bonchev–Trinajstić information content (AvgIpc) is 2.97. The SMILES string of the molecule is O=Cc1cn(Cc2sc3ccccc3c2Cl)nn1. The van der Waals surface area contributed by atoms with E-state index in [4.69, 9.17) is 11.6 Å². The van der Waals surface area contributed by atoms with Crippen LogP contribution in [0.5, 0.6) is 0 Å². The number of fused-ring (bicyclic) bond motifs is 1. The largest absolute Gasteiger partial charge is 0.296 e. The predicted molar refractivity (Wildman–Crippen MR) is 71.3 cm³/mol. The van der Waals surface area contributed by atoms with E-state index in [0.29, 0.717) is 18.5 Å². The maximum atomic E-state index is 10.5. The molecule has 0 saturated carbocycles. The Hall–Kier alpha value is -1.72. The van der Waals surface area contributed by atoms with Gasteiger partial charge in [0.1, 0.15) is 5.69 Å². The molecule has 6 heteroatoms. The molecule has 3 aromatic rings. The number of thiophene rings is 1. The van der Waals surface area contributed by atoms with Crippen LogP contribution in [0.15, 0.2) is 30.5 Å². The highest BCUT2D eigenvalue weighted by atomic mass is 35.5. The molecule has 0 atom stereocenters. The number of rotatable bonds is 3. The minimum Gasteiger partial charge on any atom is -0.296 e. The molecule has 4 nitrogen and oxygen atoms in total. The molecule has 90 valence electrons. The van der Waals surface area contributed by atoms with Crippen LogP contribution in [0.2, 0.25) is 5.02 Å². The molecule has 0 aliphatic rings. The maximum Gasteiger partial charge on any atom is 0.171 e. The first-order chi connectivity index (χ1) is 8.78. The first kappa shape index (κ1) is 11.4. The Labute approximate surface area is 112 Å². The number of aromatic nitrogens is 3. The third-order valence-electron chi connectivity index (χ3n) is 2.58. The second-order valence-corrected chi connectivity index (χ2v) is 5.31. The fourth-order valence-electron chi connectivity index (χ4n) is 1.76. The molecule has 0 unspecified atom stereocenters. The lowest BCUT2D eigenvalue weighted by Crippen LogP contribution is -1.98.